The zero-order valence-electron chi connectivity index (χ0n) is 21.8. The molecule has 7 aromatic carbocycles. The Labute approximate surface area is 237 Å². The molecule has 1 aromatic heterocycles. The van der Waals surface area contributed by atoms with Crippen LogP contribution in [0.25, 0.3) is 64.0 Å². The van der Waals surface area contributed by atoms with E-state index in [0.29, 0.717) is 0 Å². The summed E-state index contributed by atoms with van der Waals surface area (Å²) < 4.78 is 2.63. The van der Waals surface area contributed by atoms with Crippen molar-refractivity contribution in [1.82, 2.24) is 0 Å². The lowest BCUT2D eigenvalue weighted by Crippen LogP contribution is -1.94. The molecule has 0 bridgehead atoms. The molecule has 2 heteroatoms. The van der Waals surface area contributed by atoms with Crippen LogP contribution in [0.15, 0.2) is 146 Å². The Morgan fingerprint density at radius 2 is 1.15 bits per heavy atom. The van der Waals surface area contributed by atoms with Crippen LogP contribution in [0.3, 0.4) is 0 Å². The Morgan fingerprint density at radius 3 is 2.02 bits per heavy atom. The molecule has 1 N–H and O–H groups in total. The number of rotatable bonds is 4. The van der Waals surface area contributed by atoms with Crippen molar-refractivity contribution >= 4 is 64.4 Å². The van der Waals surface area contributed by atoms with E-state index in [-0.39, 0.29) is 0 Å². The fraction of sp³-hybridized carbons (Fsp3) is 0. The smallest absolute Gasteiger partial charge is 0.0478 e. The maximum atomic E-state index is 3.79. The number of nitrogens with one attached hydrogen (secondary N) is 1. The molecule has 0 amide bonds. The molecule has 8 aromatic rings. The van der Waals surface area contributed by atoms with Crippen molar-refractivity contribution in [2.45, 2.75) is 0 Å². The maximum Gasteiger partial charge on any atom is 0.0478 e. The lowest BCUT2D eigenvalue weighted by atomic mass is 9.95. The van der Waals surface area contributed by atoms with Gasteiger partial charge in [-0.15, -0.1) is 11.3 Å². The first kappa shape index (κ1) is 23.0. The van der Waals surface area contributed by atoms with Crippen LogP contribution in [0.1, 0.15) is 0 Å². The van der Waals surface area contributed by atoms with E-state index in [2.05, 4.69) is 151 Å². The van der Waals surface area contributed by atoms with Crippen molar-refractivity contribution in [3.05, 3.63) is 146 Å². The van der Waals surface area contributed by atoms with Crippen LogP contribution in [-0.2, 0) is 0 Å². The molecule has 0 aliphatic heterocycles. The largest absolute Gasteiger partial charge is 0.355 e. The van der Waals surface area contributed by atoms with Crippen molar-refractivity contribution in [2.75, 3.05) is 5.32 Å². The van der Waals surface area contributed by atoms with E-state index < -0.39 is 0 Å². The highest BCUT2D eigenvalue weighted by Gasteiger charge is 2.17. The molecular weight excluding hydrogens is 502 g/mol. The second kappa shape index (κ2) is 9.37. The number of benzene rings is 7. The minimum absolute atomic E-state index is 1.08. The molecule has 8 rings (SSSR count). The van der Waals surface area contributed by atoms with Crippen LogP contribution >= 0.6 is 11.3 Å². The van der Waals surface area contributed by atoms with Crippen LogP contribution < -0.4 is 5.32 Å². The highest BCUT2D eigenvalue weighted by molar-refractivity contribution is 7.26. The summed E-state index contributed by atoms with van der Waals surface area (Å²) in [6, 6.07) is 52.5. The summed E-state index contributed by atoms with van der Waals surface area (Å²) in [6.45, 7) is 0. The Kier molecular flexibility index (Phi) is 5.39. The van der Waals surface area contributed by atoms with Crippen molar-refractivity contribution in [1.29, 1.82) is 0 Å². The van der Waals surface area contributed by atoms with Gasteiger partial charge in [0.1, 0.15) is 0 Å². The average molecular weight is 528 g/mol. The molecular formula is C38H25NS. The lowest BCUT2D eigenvalue weighted by Gasteiger charge is -2.16. The molecule has 0 unspecified atom stereocenters. The van der Waals surface area contributed by atoms with E-state index in [9.17, 15) is 0 Å². The van der Waals surface area contributed by atoms with E-state index in [0.717, 1.165) is 11.4 Å². The van der Waals surface area contributed by atoms with E-state index in [1.165, 1.54) is 64.0 Å². The highest BCUT2D eigenvalue weighted by Crippen LogP contribution is 2.46. The highest BCUT2D eigenvalue weighted by atomic mass is 32.1. The quantitative estimate of drug-likeness (QED) is 0.240. The van der Waals surface area contributed by atoms with Crippen LogP contribution in [0, 0.1) is 0 Å². The zero-order chi connectivity index (χ0) is 26.5. The number of fused-ring (bicyclic) bond motifs is 5. The third kappa shape index (κ3) is 3.85. The SMILES string of the molecule is c1ccc2cc(-c3ccc(Nc4ccc5c(sc6ccccc65)c4-c4cccc5ccccc45)cc3)ccc2c1. The van der Waals surface area contributed by atoms with Crippen molar-refractivity contribution in [3.8, 4) is 22.3 Å². The van der Waals surface area contributed by atoms with Gasteiger partial charge >= 0.3 is 0 Å². The van der Waals surface area contributed by atoms with E-state index >= 15 is 0 Å². The number of hydrogen-bond donors (Lipinski definition) is 1. The minimum atomic E-state index is 1.08. The minimum Gasteiger partial charge on any atom is -0.355 e. The van der Waals surface area contributed by atoms with Crippen molar-refractivity contribution < 1.29 is 0 Å². The summed E-state index contributed by atoms with van der Waals surface area (Å²) in [7, 11) is 0. The molecule has 0 radical (unpaired) electrons. The first-order valence-electron chi connectivity index (χ1n) is 13.6. The number of thiophene rings is 1. The second-order valence-electron chi connectivity index (χ2n) is 10.3. The normalized spacial score (nSPS) is 11.5. The van der Waals surface area contributed by atoms with Crippen LogP contribution in [0.2, 0.25) is 0 Å². The molecule has 0 atom stereocenters. The van der Waals surface area contributed by atoms with Gasteiger partial charge in [-0.3, -0.25) is 0 Å². The zero-order valence-corrected chi connectivity index (χ0v) is 22.6. The van der Waals surface area contributed by atoms with Gasteiger partial charge in [0.05, 0.1) is 0 Å². The maximum absolute atomic E-state index is 3.79. The third-order valence-electron chi connectivity index (χ3n) is 7.85. The Hall–Kier alpha value is -4.92. The van der Waals surface area contributed by atoms with Gasteiger partial charge in [0, 0.05) is 37.1 Å². The monoisotopic (exact) mass is 527 g/mol. The summed E-state index contributed by atoms with van der Waals surface area (Å²) in [5, 5.41) is 11.5. The molecule has 1 nitrogen and oxygen atoms in total. The first-order valence-corrected chi connectivity index (χ1v) is 14.4. The Balaban J connectivity index is 1.26. The fourth-order valence-corrected chi connectivity index (χ4v) is 7.14. The summed E-state index contributed by atoms with van der Waals surface area (Å²) in [5.41, 5.74) is 7.15. The van der Waals surface area contributed by atoms with Crippen LogP contribution in [0.4, 0.5) is 11.4 Å². The Morgan fingerprint density at radius 1 is 0.450 bits per heavy atom. The standard InChI is InChI=1S/C38H25NS/c1-2-10-28-24-29(17-16-25(28)8-1)26-18-20-30(21-19-26)39-35-23-22-34-32-13-5-6-15-36(32)40-38(34)37(35)33-14-7-11-27-9-3-4-12-31(27)33/h1-24,39H. The van der Waals surface area contributed by atoms with E-state index in [1.54, 1.807) is 0 Å². The van der Waals surface area contributed by atoms with Gasteiger partial charge in [0.25, 0.3) is 0 Å². The predicted molar refractivity (Wildman–Crippen MR) is 175 cm³/mol. The molecule has 0 aliphatic carbocycles. The molecule has 0 saturated heterocycles. The van der Waals surface area contributed by atoms with E-state index in [1.807, 2.05) is 11.3 Å². The third-order valence-corrected chi connectivity index (χ3v) is 9.06. The predicted octanol–water partition coefficient (Wildman–Crippen LogP) is 11.4. The van der Waals surface area contributed by atoms with Gasteiger partial charge in [0.15, 0.2) is 0 Å². The summed E-state index contributed by atoms with van der Waals surface area (Å²) in [4.78, 5) is 0. The van der Waals surface area contributed by atoms with E-state index in [4.69, 9.17) is 0 Å². The van der Waals surface area contributed by atoms with Gasteiger partial charge in [-0.2, -0.15) is 0 Å². The van der Waals surface area contributed by atoms with Gasteiger partial charge in [-0.05, 0) is 68.6 Å². The summed E-state index contributed by atoms with van der Waals surface area (Å²) >= 11 is 1.88. The summed E-state index contributed by atoms with van der Waals surface area (Å²) in [6.07, 6.45) is 0. The Bertz CT molecular complexity index is 2180. The molecule has 40 heavy (non-hydrogen) atoms. The second-order valence-corrected chi connectivity index (χ2v) is 11.3. The van der Waals surface area contributed by atoms with Crippen molar-refractivity contribution in [2.24, 2.45) is 0 Å². The first-order chi connectivity index (χ1) is 19.8. The fourth-order valence-electron chi connectivity index (χ4n) is 5.87. The van der Waals surface area contributed by atoms with Gasteiger partial charge < -0.3 is 5.32 Å². The lowest BCUT2D eigenvalue weighted by molar-refractivity contribution is 1.56. The van der Waals surface area contributed by atoms with Crippen LogP contribution in [0.5, 0.6) is 0 Å². The van der Waals surface area contributed by atoms with Gasteiger partial charge in [-0.1, -0.05) is 115 Å². The van der Waals surface area contributed by atoms with Gasteiger partial charge in [-0.25, -0.2) is 0 Å². The summed E-state index contributed by atoms with van der Waals surface area (Å²) in [5.74, 6) is 0. The molecule has 0 aliphatic rings. The molecule has 0 saturated carbocycles. The van der Waals surface area contributed by atoms with Crippen LogP contribution in [-0.4, -0.2) is 0 Å². The molecule has 188 valence electrons. The number of anilines is 2. The molecule has 0 fully saturated rings. The topological polar surface area (TPSA) is 12.0 Å². The van der Waals surface area contributed by atoms with Gasteiger partial charge in [0.2, 0.25) is 0 Å². The van der Waals surface area contributed by atoms with Crippen molar-refractivity contribution in [3.63, 3.8) is 0 Å². The molecule has 1 heterocycles. The average Bonchev–Trinajstić information content (AvgIpc) is 3.40. The number of hydrogen-bond acceptors (Lipinski definition) is 2. The molecule has 0 spiro atoms.